The SMILES string of the molecule is Cc1ncsc1Cn1cnc2c(-c3ccccc3)nsc2c1=O. The molecule has 7 heteroatoms. The highest BCUT2D eigenvalue weighted by Gasteiger charge is 2.14. The highest BCUT2D eigenvalue weighted by atomic mass is 32.1. The lowest BCUT2D eigenvalue weighted by molar-refractivity contribution is 0.754. The first-order valence-corrected chi connectivity index (χ1v) is 8.68. The van der Waals surface area contributed by atoms with E-state index < -0.39 is 0 Å². The molecule has 0 aliphatic heterocycles. The average molecular weight is 340 g/mol. The predicted octanol–water partition coefficient (Wildman–Crippen LogP) is 3.33. The summed E-state index contributed by atoms with van der Waals surface area (Å²) in [5.74, 6) is 0. The van der Waals surface area contributed by atoms with Crippen LogP contribution in [0.3, 0.4) is 0 Å². The second kappa shape index (κ2) is 5.68. The third kappa shape index (κ3) is 2.47. The van der Waals surface area contributed by atoms with Gasteiger partial charge in [-0.2, -0.15) is 4.37 Å². The summed E-state index contributed by atoms with van der Waals surface area (Å²) in [7, 11) is 0. The first-order chi connectivity index (χ1) is 11.2. The van der Waals surface area contributed by atoms with Crippen molar-refractivity contribution in [2.75, 3.05) is 0 Å². The Morgan fingerprint density at radius 2 is 2.00 bits per heavy atom. The van der Waals surface area contributed by atoms with E-state index in [1.54, 1.807) is 27.7 Å². The molecule has 0 atom stereocenters. The van der Waals surface area contributed by atoms with E-state index >= 15 is 0 Å². The first kappa shape index (κ1) is 14.2. The quantitative estimate of drug-likeness (QED) is 0.574. The maximum absolute atomic E-state index is 12.7. The molecule has 0 unspecified atom stereocenters. The number of nitrogens with zero attached hydrogens (tertiary/aromatic N) is 4. The van der Waals surface area contributed by atoms with Crippen molar-refractivity contribution < 1.29 is 0 Å². The zero-order chi connectivity index (χ0) is 15.8. The van der Waals surface area contributed by atoms with Gasteiger partial charge in [0.1, 0.15) is 15.9 Å². The molecule has 0 fully saturated rings. The van der Waals surface area contributed by atoms with Gasteiger partial charge in [-0.3, -0.25) is 9.36 Å². The minimum Gasteiger partial charge on any atom is -0.293 e. The third-order valence-electron chi connectivity index (χ3n) is 3.65. The Morgan fingerprint density at radius 3 is 2.74 bits per heavy atom. The fourth-order valence-corrected chi connectivity index (χ4v) is 3.97. The Bertz CT molecular complexity index is 1030. The topological polar surface area (TPSA) is 60.7 Å². The van der Waals surface area contributed by atoms with Crippen LogP contribution in [0.25, 0.3) is 21.5 Å². The molecule has 23 heavy (non-hydrogen) atoms. The average Bonchev–Trinajstić information content (AvgIpc) is 3.18. The van der Waals surface area contributed by atoms with Crippen molar-refractivity contribution in [3.05, 3.63) is 63.1 Å². The van der Waals surface area contributed by atoms with Crippen LogP contribution in [0.2, 0.25) is 0 Å². The van der Waals surface area contributed by atoms with Crippen molar-refractivity contribution in [2.24, 2.45) is 0 Å². The zero-order valence-electron chi connectivity index (χ0n) is 12.3. The van der Waals surface area contributed by atoms with Gasteiger partial charge in [-0.15, -0.1) is 11.3 Å². The van der Waals surface area contributed by atoms with Gasteiger partial charge < -0.3 is 0 Å². The van der Waals surface area contributed by atoms with Gasteiger partial charge in [0.15, 0.2) is 0 Å². The highest BCUT2D eigenvalue weighted by Crippen LogP contribution is 2.27. The lowest BCUT2D eigenvalue weighted by atomic mass is 10.1. The second-order valence-electron chi connectivity index (χ2n) is 5.11. The van der Waals surface area contributed by atoms with E-state index in [4.69, 9.17) is 0 Å². The van der Waals surface area contributed by atoms with E-state index in [0.717, 1.165) is 21.8 Å². The van der Waals surface area contributed by atoms with Crippen LogP contribution in [-0.2, 0) is 6.54 Å². The molecular weight excluding hydrogens is 328 g/mol. The number of aromatic nitrogens is 4. The van der Waals surface area contributed by atoms with Crippen LogP contribution in [0.1, 0.15) is 10.6 Å². The molecule has 0 N–H and O–H groups in total. The summed E-state index contributed by atoms with van der Waals surface area (Å²) >= 11 is 2.76. The molecule has 0 saturated carbocycles. The van der Waals surface area contributed by atoms with E-state index in [9.17, 15) is 4.79 Å². The summed E-state index contributed by atoms with van der Waals surface area (Å²) in [5.41, 5.74) is 5.11. The fraction of sp³-hybridized carbons (Fsp3) is 0.125. The maximum atomic E-state index is 12.7. The normalized spacial score (nSPS) is 11.2. The van der Waals surface area contributed by atoms with Gasteiger partial charge in [-0.05, 0) is 18.5 Å². The number of rotatable bonds is 3. The molecule has 3 aromatic heterocycles. The van der Waals surface area contributed by atoms with Crippen LogP contribution >= 0.6 is 22.9 Å². The standard InChI is InChI=1S/C16H12N4OS2/c1-10-12(22-9-18-10)7-20-8-17-14-13(11-5-3-2-4-6-11)19-23-15(14)16(20)21/h2-6,8-9H,7H2,1H3. The molecule has 3 heterocycles. The number of thiazole rings is 1. The maximum Gasteiger partial charge on any atom is 0.273 e. The van der Waals surface area contributed by atoms with Crippen molar-refractivity contribution in [2.45, 2.75) is 13.5 Å². The summed E-state index contributed by atoms with van der Waals surface area (Å²) in [6.45, 7) is 2.44. The van der Waals surface area contributed by atoms with Crippen molar-refractivity contribution in [3.63, 3.8) is 0 Å². The van der Waals surface area contributed by atoms with E-state index in [-0.39, 0.29) is 5.56 Å². The summed E-state index contributed by atoms with van der Waals surface area (Å²) in [6.07, 6.45) is 1.60. The van der Waals surface area contributed by atoms with Crippen molar-refractivity contribution >= 4 is 33.1 Å². The van der Waals surface area contributed by atoms with Crippen LogP contribution in [0.5, 0.6) is 0 Å². The van der Waals surface area contributed by atoms with E-state index in [2.05, 4.69) is 14.3 Å². The smallest absolute Gasteiger partial charge is 0.273 e. The van der Waals surface area contributed by atoms with Gasteiger partial charge in [-0.1, -0.05) is 30.3 Å². The molecule has 0 radical (unpaired) electrons. The lowest BCUT2D eigenvalue weighted by Crippen LogP contribution is -2.20. The second-order valence-corrected chi connectivity index (χ2v) is 6.83. The Kier molecular flexibility index (Phi) is 3.51. The molecule has 114 valence electrons. The van der Waals surface area contributed by atoms with Crippen molar-refractivity contribution in [1.82, 2.24) is 18.9 Å². The van der Waals surface area contributed by atoms with E-state index in [0.29, 0.717) is 16.8 Å². The molecule has 0 saturated heterocycles. The molecule has 0 aliphatic carbocycles. The fourth-order valence-electron chi connectivity index (χ4n) is 2.39. The zero-order valence-corrected chi connectivity index (χ0v) is 13.9. The minimum atomic E-state index is -0.0533. The van der Waals surface area contributed by atoms with E-state index in [1.807, 2.05) is 37.3 Å². The first-order valence-electron chi connectivity index (χ1n) is 7.03. The summed E-state index contributed by atoms with van der Waals surface area (Å²) in [6, 6.07) is 9.81. The lowest BCUT2D eigenvalue weighted by Gasteiger charge is -2.04. The number of hydrogen-bond donors (Lipinski definition) is 0. The molecule has 0 spiro atoms. The van der Waals surface area contributed by atoms with Crippen LogP contribution in [0.4, 0.5) is 0 Å². The molecular formula is C16H12N4OS2. The van der Waals surface area contributed by atoms with Gasteiger partial charge in [0.05, 0.1) is 24.1 Å². The molecule has 0 aliphatic rings. The molecule has 4 aromatic rings. The summed E-state index contributed by atoms with van der Waals surface area (Å²) in [4.78, 5) is 22.5. The summed E-state index contributed by atoms with van der Waals surface area (Å²) in [5, 5.41) is 0. The van der Waals surface area contributed by atoms with Crippen LogP contribution in [0, 0.1) is 6.92 Å². The van der Waals surface area contributed by atoms with Crippen LogP contribution in [-0.4, -0.2) is 18.9 Å². The molecule has 5 nitrogen and oxygen atoms in total. The van der Waals surface area contributed by atoms with Gasteiger partial charge in [-0.25, -0.2) is 9.97 Å². The predicted molar refractivity (Wildman–Crippen MR) is 93.1 cm³/mol. The van der Waals surface area contributed by atoms with E-state index in [1.165, 1.54) is 11.5 Å². The molecule has 1 aromatic carbocycles. The van der Waals surface area contributed by atoms with Crippen LogP contribution in [0.15, 0.2) is 47.0 Å². The number of hydrogen-bond acceptors (Lipinski definition) is 6. The largest absolute Gasteiger partial charge is 0.293 e. The monoisotopic (exact) mass is 340 g/mol. The van der Waals surface area contributed by atoms with Crippen molar-refractivity contribution in [1.29, 1.82) is 0 Å². The highest BCUT2D eigenvalue weighted by molar-refractivity contribution is 7.13. The van der Waals surface area contributed by atoms with Gasteiger partial charge in [0.25, 0.3) is 5.56 Å². The van der Waals surface area contributed by atoms with Gasteiger partial charge in [0.2, 0.25) is 0 Å². The number of aryl methyl sites for hydroxylation is 1. The van der Waals surface area contributed by atoms with Crippen molar-refractivity contribution in [3.8, 4) is 11.3 Å². The Labute approximate surface area is 140 Å². The Balaban J connectivity index is 1.81. The Hall–Kier alpha value is -2.38. The molecule has 0 bridgehead atoms. The Morgan fingerprint density at radius 1 is 1.17 bits per heavy atom. The summed E-state index contributed by atoms with van der Waals surface area (Å²) < 4.78 is 6.65. The molecule has 0 amide bonds. The van der Waals surface area contributed by atoms with Crippen LogP contribution < -0.4 is 5.56 Å². The van der Waals surface area contributed by atoms with Gasteiger partial charge >= 0.3 is 0 Å². The third-order valence-corrected chi connectivity index (χ3v) is 5.40. The molecule has 4 rings (SSSR count). The van der Waals surface area contributed by atoms with Gasteiger partial charge in [0, 0.05) is 10.4 Å². The number of fused-ring (bicyclic) bond motifs is 1. The minimum absolute atomic E-state index is 0.0533. The number of benzene rings is 1.